The van der Waals surface area contributed by atoms with E-state index in [0.717, 1.165) is 25.1 Å². The molecule has 0 spiro atoms. The van der Waals surface area contributed by atoms with Crippen molar-refractivity contribution in [2.45, 2.75) is 65.2 Å². The van der Waals surface area contributed by atoms with Crippen molar-refractivity contribution < 1.29 is 8.42 Å². The first-order valence-electron chi connectivity index (χ1n) is 9.97. The van der Waals surface area contributed by atoms with E-state index in [1.165, 1.54) is 44.0 Å². The average molecular weight is 381 g/mol. The largest absolute Gasteiger partial charge is 0.303 e. The minimum absolute atomic E-state index is 0.0825. The van der Waals surface area contributed by atoms with Crippen LogP contribution in [0.15, 0.2) is 18.2 Å². The summed E-state index contributed by atoms with van der Waals surface area (Å²) in [6.07, 6.45) is 7.57. The molecule has 0 radical (unpaired) electrons. The van der Waals surface area contributed by atoms with E-state index in [-0.39, 0.29) is 5.41 Å². The third-order valence-electron chi connectivity index (χ3n) is 6.14. The van der Waals surface area contributed by atoms with E-state index in [1.54, 1.807) is 0 Å². The van der Waals surface area contributed by atoms with E-state index in [2.05, 4.69) is 36.5 Å². The lowest BCUT2D eigenvalue weighted by molar-refractivity contribution is 0.109. The summed E-state index contributed by atoms with van der Waals surface area (Å²) in [5, 5.41) is 0. The number of likely N-dealkylation sites (tertiary alicyclic amines) is 1. The van der Waals surface area contributed by atoms with Crippen LogP contribution in [-0.2, 0) is 15.4 Å². The molecule has 0 saturated carbocycles. The molecule has 26 heavy (non-hydrogen) atoms. The molecule has 0 amide bonds. The summed E-state index contributed by atoms with van der Waals surface area (Å²) in [5.74, 6) is 0.537. The summed E-state index contributed by atoms with van der Waals surface area (Å²) in [6, 6.07) is 6.01. The van der Waals surface area contributed by atoms with Gasteiger partial charge in [0.05, 0.1) is 11.9 Å². The average Bonchev–Trinajstić information content (AvgIpc) is 2.55. The third-order valence-corrected chi connectivity index (χ3v) is 6.73. The smallest absolute Gasteiger partial charge is 0.229 e. The highest BCUT2D eigenvalue weighted by atomic mass is 32.2. The van der Waals surface area contributed by atoms with Crippen LogP contribution in [0.1, 0.15) is 64.0 Å². The Morgan fingerprint density at radius 2 is 2.00 bits per heavy atom. The Balaban J connectivity index is 2.12. The Hall–Kier alpha value is -1.07. The van der Waals surface area contributed by atoms with Crippen molar-refractivity contribution in [1.82, 2.24) is 4.90 Å². The van der Waals surface area contributed by atoms with Gasteiger partial charge in [-0.25, -0.2) is 8.42 Å². The Kier molecular flexibility index (Phi) is 7.14. The number of sulfonamides is 1. The minimum Gasteiger partial charge on any atom is -0.303 e. The SMILES string of the molecule is CCCCCCN1CCC(C)(c2cccc(NS(C)(=O)=O)c2C)C(C)C1. The van der Waals surface area contributed by atoms with Gasteiger partial charge in [-0.2, -0.15) is 0 Å². The lowest BCUT2D eigenvalue weighted by atomic mass is 9.66. The predicted octanol–water partition coefficient (Wildman–Crippen LogP) is 4.55. The highest BCUT2D eigenvalue weighted by molar-refractivity contribution is 7.92. The Labute approximate surface area is 160 Å². The maximum Gasteiger partial charge on any atom is 0.229 e. The zero-order valence-electron chi connectivity index (χ0n) is 17.1. The Morgan fingerprint density at radius 1 is 1.27 bits per heavy atom. The van der Waals surface area contributed by atoms with Crippen molar-refractivity contribution in [2.75, 3.05) is 30.6 Å². The fraction of sp³-hybridized carbons (Fsp3) is 0.714. The van der Waals surface area contributed by atoms with Gasteiger partial charge >= 0.3 is 0 Å². The van der Waals surface area contributed by atoms with E-state index in [1.807, 2.05) is 19.1 Å². The molecule has 1 aliphatic rings. The normalized spacial score (nSPS) is 24.6. The van der Waals surface area contributed by atoms with Crippen LogP contribution in [-0.4, -0.2) is 39.2 Å². The van der Waals surface area contributed by atoms with Crippen molar-refractivity contribution in [3.05, 3.63) is 29.3 Å². The van der Waals surface area contributed by atoms with Crippen molar-refractivity contribution in [2.24, 2.45) is 5.92 Å². The van der Waals surface area contributed by atoms with Crippen LogP contribution in [0.4, 0.5) is 5.69 Å². The van der Waals surface area contributed by atoms with Gasteiger partial charge in [-0.3, -0.25) is 4.72 Å². The highest BCUT2D eigenvalue weighted by Gasteiger charge is 2.39. The number of hydrogen-bond donors (Lipinski definition) is 1. The molecule has 0 aromatic heterocycles. The first kappa shape index (κ1) is 21.2. The molecule has 2 atom stereocenters. The lowest BCUT2D eigenvalue weighted by Crippen LogP contribution is -2.47. The second-order valence-electron chi connectivity index (χ2n) is 8.28. The third kappa shape index (κ3) is 5.23. The fourth-order valence-corrected chi connectivity index (χ4v) is 4.87. The number of benzene rings is 1. The topological polar surface area (TPSA) is 49.4 Å². The molecule has 1 aromatic carbocycles. The molecular formula is C21H36N2O2S. The van der Waals surface area contributed by atoms with Crippen LogP contribution in [0.25, 0.3) is 0 Å². The monoisotopic (exact) mass is 380 g/mol. The van der Waals surface area contributed by atoms with Crippen molar-refractivity contribution >= 4 is 15.7 Å². The van der Waals surface area contributed by atoms with E-state index >= 15 is 0 Å². The summed E-state index contributed by atoms with van der Waals surface area (Å²) in [4.78, 5) is 2.61. The molecule has 2 rings (SSSR count). The highest BCUT2D eigenvalue weighted by Crippen LogP contribution is 2.42. The molecule has 148 valence electrons. The van der Waals surface area contributed by atoms with Crippen molar-refractivity contribution in [3.63, 3.8) is 0 Å². The molecule has 0 aliphatic carbocycles. The van der Waals surface area contributed by atoms with E-state index in [9.17, 15) is 8.42 Å². The van der Waals surface area contributed by atoms with Gasteiger partial charge in [-0.1, -0.05) is 52.2 Å². The maximum atomic E-state index is 11.7. The summed E-state index contributed by atoms with van der Waals surface area (Å²) < 4.78 is 26.0. The van der Waals surface area contributed by atoms with Crippen LogP contribution in [0.3, 0.4) is 0 Å². The van der Waals surface area contributed by atoms with Crippen LogP contribution in [0.2, 0.25) is 0 Å². The number of anilines is 1. The standard InChI is InChI=1S/C21H36N2O2S/c1-6-7-8-9-14-23-15-13-21(4,17(2)16-23)19-11-10-12-20(18(19)3)22-26(5,24)25/h10-12,17,22H,6-9,13-16H2,1-5H3. The van der Waals surface area contributed by atoms with Gasteiger partial charge in [0, 0.05) is 6.54 Å². The molecule has 1 N–H and O–H groups in total. The minimum atomic E-state index is -3.26. The van der Waals surface area contributed by atoms with Gasteiger partial charge in [0.1, 0.15) is 0 Å². The summed E-state index contributed by atoms with van der Waals surface area (Å²) in [7, 11) is -3.26. The van der Waals surface area contributed by atoms with Crippen LogP contribution in [0, 0.1) is 12.8 Å². The molecular weight excluding hydrogens is 344 g/mol. The molecule has 1 aromatic rings. The van der Waals surface area contributed by atoms with E-state index < -0.39 is 10.0 Å². The van der Waals surface area contributed by atoms with Gasteiger partial charge in [0.25, 0.3) is 0 Å². The quantitative estimate of drug-likeness (QED) is 0.673. The lowest BCUT2D eigenvalue weighted by Gasteiger charge is -2.46. The number of unbranched alkanes of at least 4 members (excludes halogenated alkanes) is 3. The van der Waals surface area contributed by atoms with Gasteiger partial charge in [0.2, 0.25) is 10.0 Å². The van der Waals surface area contributed by atoms with Gasteiger partial charge < -0.3 is 4.90 Å². The van der Waals surface area contributed by atoms with Crippen LogP contribution >= 0.6 is 0 Å². The molecule has 5 heteroatoms. The first-order chi connectivity index (χ1) is 12.2. The predicted molar refractivity (Wildman–Crippen MR) is 111 cm³/mol. The molecule has 1 aliphatic heterocycles. The van der Waals surface area contributed by atoms with Gasteiger partial charge in [-0.15, -0.1) is 0 Å². The summed E-state index contributed by atoms with van der Waals surface area (Å²) in [6.45, 7) is 12.4. The van der Waals surface area contributed by atoms with Gasteiger partial charge in [0.15, 0.2) is 0 Å². The second kappa shape index (κ2) is 8.75. The molecule has 4 nitrogen and oxygen atoms in total. The molecule has 0 bridgehead atoms. The van der Waals surface area contributed by atoms with E-state index in [0.29, 0.717) is 11.6 Å². The van der Waals surface area contributed by atoms with Crippen LogP contribution in [0.5, 0.6) is 0 Å². The number of nitrogens with zero attached hydrogens (tertiary/aromatic N) is 1. The van der Waals surface area contributed by atoms with E-state index in [4.69, 9.17) is 0 Å². The molecule has 1 heterocycles. The maximum absolute atomic E-state index is 11.7. The van der Waals surface area contributed by atoms with Crippen molar-refractivity contribution in [3.8, 4) is 0 Å². The zero-order valence-corrected chi connectivity index (χ0v) is 18.0. The van der Waals surface area contributed by atoms with Crippen molar-refractivity contribution in [1.29, 1.82) is 0 Å². The second-order valence-corrected chi connectivity index (χ2v) is 10.0. The summed E-state index contributed by atoms with van der Waals surface area (Å²) in [5.41, 5.74) is 3.13. The number of nitrogens with one attached hydrogen (secondary N) is 1. The summed E-state index contributed by atoms with van der Waals surface area (Å²) >= 11 is 0. The zero-order chi connectivity index (χ0) is 19.4. The van der Waals surface area contributed by atoms with Gasteiger partial charge in [-0.05, 0) is 61.4 Å². The van der Waals surface area contributed by atoms with Crippen LogP contribution < -0.4 is 4.72 Å². The molecule has 2 unspecified atom stereocenters. The number of rotatable bonds is 8. The first-order valence-corrected chi connectivity index (χ1v) is 11.9. The Bertz CT molecular complexity index is 702. The molecule has 1 saturated heterocycles. The number of hydrogen-bond acceptors (Lipinski definition) is 3. The fourth-order valence-electron chi connectivity index (χ4n) is 4.25. The molecule has 1 fully saturated rings. The Morgan fingerprint density at radius 3 is 2.62 bits per heavy atom. The number of piperidine rings is 1.